The largest absolute Gasteiger partial charge is 0.490 e. The Hall–Kier alpha value is -3.08. The minimum Gasteiger partial charge on any atom is -0.490 e. The molecular weight excluding hydrogens is 648 g/mol. The van der Waals surface area contributed by atoms with E-state index >= 15 is 0 Å². The van der Waals surface area contributed by atoms with Crippen LogP contribution in [0.15, 0.2) is 52.9 Å². The molecule has 3 fully saturated rings. The minimum absolute atomic E-state index is 0.0327. The van der Waals surface area contributed by atoms with Crippen molar-refractivity contribution < 1.29 is 23.3 Å². The molecule has 0 saturated heterocycles. The number of methoxy groups -OCH3 is 1. The molecule has 8 atom stereocenters. The molecule has 6 aliphatic rings. The fraction of sp³-hybridized carbons (Fsp3) is 0.568. The SMILES string of the molecule is CO[C@H]1/C=C\C[C@H](C)CS(=O)(NC(=O)NC2CC2)=NC(=O)c2ccc3c(c2)N(C[C@@H]2CC[C@H]21)C[C@]1(CO3)C[C@@H]2C[C@@H]2c2cc(Cl)ccc21. The predicted molar refractivity (Wildman–Crippen MR) is 187 cm³/mol. The van der Waals surface area contributed by atoms with Gasteiger partial charge in [-0.1, -0.05) is 36.7 Å². The van der Waals surface area contributed by atoms with Crippen LogP contribution in [0.1, 0.15) is 79.3 Å². The first-order valence-electron chi connectivity index (χ1n) is 17.5. The summed E-state index contributed by atoms with van der Waals surface area (Å²) in [6, 6.07) is 11.3. The number of carbonyl (C=O) groups excluding carboxylic acids is 2. The topological polar surface area (TPSA) is 109 Å². The van der Waals surface area contributed by atoms with Crippen LogP contribution < -0.4 is 19.7 Å². The summed E-state index contributed by atoms with van der Waals surface area (Å²) in [6.07, 6.45) is 11.0. The number of allylic oxidation sites excluding steroid dienone is 1. The van der Waals surface area contributed by atoms with Gasteiger partial charge in [0.2, 0.25) is 0 Å². The molecule has 11 heteroatoms. The first kappa shape index (κ1) is 32.1. The van der Waals surface area contributed by atoms with E-state index in [1.54, 1.807) is 13.2 Å². The molecule has 0 aromatic heterocycles. The van der Waals surface area contributed by atoms with Crippen LogP contribution in [0.5, 0.6) is 5.75 Å². The number of hydrogen-bond donors (Lipinski definition) is 2. The van der Waals surface area contributed by atoms with Crippen LogP contribution in [0.2, 0.25) is 5.02 Å². The van der Waals surface area contributed by atoms with Gasteiger partial charge in [0.1, 0.15) is 15.7 Å². The molecule has 1 unspecified atom stereocenters. The first-order valence-corrected chi connectivity index (χ1v) is 19.6. The highest BCUT2D eigenvalue weighted by molar-refractivity contribution is 7.92. The van der Waals surface area contributed by atoms with Gasteiger partial charge in [0.15, 0.2) is 0 Å². The van der Waals surface area contributed by atoms with Crippen molar-refractivity contribution in [2.75, 3.05) is 37.5 Å². The highest BCUT2D eigenvalue weighted by Gasteiger charge is 2.54. The Morgan fingerprint density at radius 1 is 1.15 bits per heavy atom. The molecule has 9 nitrogen and oxygen atoms in total. The third-order valence-electron chi connectivity index (χ3n) is 11.5. The molecule has 1 spiro atoms. The fourth-order valence-corrected chi connectivity index (χ4v) is 10.7. The summed E-state index contributed by atoms with van der Waals surface area (Å²) >= 11 is 6.52. The lowest BCUT2D eigenvalue weighted by Gasteiger charge is -2.46. The summed E-state index contributed by atoms with van der Waals surface area (Å²) in [5.41, 5.74) is 3.63. The Morgan fingerprint density at radius 3 is 2.77 bits per heavy atom. The van der Waals surface area contributed by atoms with Crippen molar-refractivity contribution in [3.05, 3.63) is 70.3 Å². The van der Waals surface area contributed by atoms with E-state index in [1.807, 2.05) is 25.1 Å². The summed E-state index contributed by atoms with van der Waals surface area (Å²) in [6.45, 7) is 4.06. The third kappa shape index (κ3) is 6.24. The number of amides is 3. The number of carbonyl (C=O) groups is 2. The number of fused-ring (bicyclic) bond motifs is 6. The Labute approximate surface area is 288 Å². The van der Waals surface area contributed by atoms with E-state index < -0.39 is 21.9 Å². The molecule has 3 amide bonds. The number of halogens is 1. The standard InChI is InChI=1S/C37H45ClN4O5S/c1-22-4-3-5-33(46-2)28-11-6-24(28)18-42-20-37(17-25-14-29(25)30-16-26(38)8-12-31(30)37)21-47-34-13-7-23(15-32(34)42)35(43)40-48(45,19-22)41-36(44)39-27-9-10-27/h3,5,7-8,12-13,15-16,22,24-25,27-29,33H,4,6,9-11,14,17-21H2,1-2H3,(H2,39,40,41,43,44,45)/b5-3-/t22-,24-,25-,28+,29-,33-,37-,48?/m0/s1. The van der Waals surface area contributed by atoms with Gasteiger partial charge in [-0.05, 0) is 116 Å². The molecule has 8 rings (SSSR count). The molecule has 2 aliphatic heterocycles. The lowest BCUT2D eigenvalue weighted by molar-refractivity contribution is 0.0131. The molecule has 2 aromatic carbocycles. The highest BCUT2D eigenvalue weighted by atomic mass is 35.5. The third-order valence-corrected chi connectivity index (χ3v) is 13.7. The van der Waals surface area contributed by atoms with Crippen molar-refractivity contribution >= 4 is 39.1 Å². The van der Waals surface area contributed by atoms with Gasteiger partial charge in [-0.3, -0.25) is 9.52 Å². The smallest absolute Gasteiger partial charge is 0.327 e. The Bertz CT molecular complexity index is 1790. The summed E-state index contributed by atoms with van der Waals surface area (Å²) in [4.78, 5) is 29.1. The summed E-state index contributed by atoms with van der Waals surface area (Å²) in [5, 5.41) is 3.60. The van der Waals surface area contributed by atoms with Crippen molar-refractivity contribution in [2.45, 2.75) is 75.3 Å². The number of rotatable bonds is 3. The van der Waals surface area contributed by atoms with Crippen molar-refractivity contribution in [1.29, 1.82) is 0 Å². The molecule has 48 heavy (non-hydrogen) atoms. The van der Waals surface area contributed by atoms with E-state index in [4.69, 9.17) is 21.1 Å². The van der Waals surface area contributed by atoms with Gasteiger partial charge in [-0.15, -0.1) is 4.36 Å². The molecule has 2 aromatic rings. The molecule has 2 N–H and O–H groups in total. The van der Waals surface area contributed by atoms with E-state index in [0.717, 1.165) is 61.7 Å². The lowest BCUT2D eigenvalue weighted by Crippen LogP contribution is -2.49. The predicted octanol–water partition coefficient (Wildman–Crippen LogP) is 6.61. The van der Waals surface area contributed by atoms with Crippen LogP contribution in [-0.4, -0.2) is 60.9 Å². The summed E-state index contributed by atoms with van der Waals surface area (Å²) in [7, 11) is -1.64. The molecule has 0 radical (unpaired) electrons. The van der Waals surface area contributed by atoms with Crippen molar-refractivity contribution in [1.82, 2.24) is 10.0 Å². The second-order valence-electron chi connectivity index (χ2n) is 15.2. The summed E-state index contributed by atoms with van der Waals surface area (Å²) < 4.78 is 33.8. The second kappa shape index (κ2) is 12.4. The minimum atomic E-state index is -3.42. The zero-order valence-electron chi connectivity index (χ0n) is 27.7. The van der Waals surface area contributed by atoms with E-state index in [1.165, 1.54) is 17.5 Å². The van der Waals surface area contributed by atoms with Gasteiger partial charge >= 0.3 is 6.03 Å². The average molecular weight is 693 g/mol. The highest BCUT2D eigenvalue weighted by Crippen LogP contribution is 2.61. The normalized spacial score (nSPS) is 36.1. The fourth-order valence-electron chi connectivity index (χ4n) is 8.68. The van der Waals surface area contributed by atoms with Crippen molar-refractivity contribution in [2.24, 2.45) is 28.0 Å². The monoisotopic (exact) mass is 692 g/mol. The van der Waals surface area contributed by atoms with Crippen LogP contribution in [0.25, 0.3) is 0 Å². The summed E-state index contributed by atoms with van der Waals surface area (Å²) in [5.74, 6) is 2.03. The van der Waals surface area contributed by atoms with E-state index in [-0.39, 0.29) is 29.2 Å². The number of benzene rings is 2. The Kier molecular flexibility index (Phi) is 8.27. The molecule has 4 aliphatic carbocycles. The molecule has 2 heterocycles. The quantitative estimate of drug-likeness (QED) is 0.351. The van der Waals surface area contributed by atoms with Crippen LogP contribution in [0.3, 0.4) is 0 Å². The number of urea groups is 1. The average Bonchev–Trinajstić information content (AvgIpc) is 3.96. The van der Waals surface area contributed by atoms with Gasteiger partial charge in [0, 0.05) is 42.2 Å². The van der Waals surface area contributed by atoms with Gasteiger partial charge in [-0.2, -0.15) is 0 Å². The number of anilines is 1. The van der Waals surface area contributed by atoms with E-state index in [0.29, 0.717) is 42.3 Å². The number of ether oxygens (including phenoxy) is 2. The van der Waals surface area contributed by atoms with Crippen LogP contribution in [0.4, 0.5) is 10.5 Å². The van der Waals surface area contributed by atoms with Crippen LogP contribution >= 0.6 is 11.6 Å². The zero-order chi connectivity index (χ0) is 33.2. The Balaban J connectivity index is 1.20. The van der Waals surface area contributed by atoms with Gasteiger partial charge in [-0.25, -0.2) is 9.00 Å². The second-order valence-corrected chi connectivity index (χ2v) is 17.6. The molecule has 3 saturated carbocycles. The maximum absolute atomic E-state index is 14.2. The van der Waals surface area contributed by atoms with Gasteiger partial charge in [0.05, 0.1) is 24.2 Å². The zero-order valence-corrected chi connectivity index (χ0v) is 29.2. The van der Waals surface area contributed by atoms with Crippen LogP contribution in [-0.2, 0) is 20.1 Å². The van der Waals surface area contributed by atoms with Crippen molar-refractivity contribution in [3.63, 3.8) is 0 Å². The van der Waals surface area contributed by atoms with Gasteiger partial charge < -0.3 is 19.7 Å². The van der Waals surface area contributed by atoms with E-state index in [2.05, 4.69) is 43.6 Å². The Morgan fingerprint density at radius 2 is 2.00 bits per heavy atom. The molecule has 2 bridgehead atoms. The maximum atomic E-state index is 14.2. The lowest BCUT2D eigenvalue weighted by atomic mass is 9.68. The molecule has 256 valence electrons. The van der Waals surface area contributed by atoms with E-state index in [9.17, 15) is 13.8 Å². The van der Waals surface area contributed by atoms with Crippen molar-refractivity contribution in [3.8, 4) is 5.75 Å². The first-order chi connectivity index (χ1) is 23.1. The maximum Gasteiger partial charge on any atom is 0.327 e. The molecular formula is C37H45ClN4O5S. The van der Waals surface area contributed by atoms with Gasteiger partial charge in [0.25, 0.3) is 5.91 Å². The van der Waals surface area contributed by atoms with Crippen LogP contribution in [0, 0.1) is 23.7 Å². The number of hydrogen-bond acceptors (Lipinski definition) is 6. The number of nitrogens with zero attached hydrogens (tertiary/aromatic N) is 2. The number of nitrogens with one attached hydrogen (secondary N) is 2.